The number of nitrogens with zero attached hydrogens (tertiary/aromatic N) is 3. The molecule has 1 rings (SSSR count). The molecule has 0 aliphatic rings. The van der Waals surface area contributed by atoms with Crippen molar-refractivity contribution in [3.8, 4) is 0 Å². The molecular formula is C19H35N3. The summed E-state index contributed by atoms with van der Waals surface area (Å²) in [7, 11) is 0. The lowest BCUT2D eigenvalue weighted by atomic mass is 10.1. The molecule has 0 saturated carbocycles. The van der Waals surface area contributed by atoms with Gasteiger partial charge >= 0.3 is 0 Å². The van der Waals surface area contributed by atoms with Crippen LogP contribution in [0.15, 0.2) is 12.4 Å². The lowest BCUT2D eigenvalue weighted by molar-refractivity contribution is 0.624. The van der Waals surface area contributed by atoms with Crippen molar-refractivity contribution in [2.45, 2.75) is 85.0 Å². The van der Waals surface area contributed by atoms with Crippen LogP contribution < -0.4 is 4.90 Å². The summed E-state index contributed by atoms with van der Waals surface area (Å²) in [6.07, 6.45) is 16.2. The molecule has 0 spiro atoms. The van der Waals surface area contributed by atoms with Gasteiger partial charge in [-0.25, -0.2) is 4.98 Å². The third kappa shape index (κ3) is 7.24. The largest absolute Gasteiger partial charge is 0.355 e. The summed E-state index contributed by atoms with van der Waals surface area (Å²) in [5.74, 6) is 1.14. The third-order valence-electron chi connectivity index (χ3n) is 4.13. The molecule has 22 heavy (non-hydrogen) atoms. The summed E-state index contributed by atoms with van der Waals surface area (Å²) in [5.41, 5.74) is 1.20. The molecule has 3 heteroatoms. The average Bonchev–Trinajstić information content (AvgIpc) is 2.55. The van der Waals surface area contributed by atoms with Gasteiger partial charge in [-0.15, -0.1) is 0 Å². The van der Waals surface area contributed by atoms with Crippen LogP contribution in [-0.4, -0.2) is 23.1 Å². The first kappa shape index (κ1) is 18.9. The van der Waals surface area contributed by atoms with Gasteiger partial charge in [-0.3, -0.25) is 4.98 Å². The third-order valence-corrected chi connectivity index (χ3v) is 4.13. The van der Waals surface area contributed by atoms with Crippen molar-refractivity contribution in [3.05, 3.63) is 18.1 Å². The minimum atomic E-state index is 1.06. The molecule has 3 nitrogen and oxygen atoms in total. The molecular weight excluding hydrogens is 270 g/mol. The molecule has 0 radical (unpaired) electrons. The predicted octanol–water partition coefficient (Wildman–Crippen LogP) is 5.40. The average molecular weight is 306 g/mol. The second-order valence-electron chi connectivity index (χ2n) is 6.19. The molecule has 0 aliphatic carbocycles. The summed E-state index contributed by atoms with van der Waals surface area (Å²) in [6.45, 7) is 9.02. The van der Waals surface area contributed by atoms with E-state index in [-0.39, 0.29) is 0 Å². The fraction of sp³-hybridized carbons (Fsp3) is 0.789. The minimum Gasteiger partial charge on any atom is -0.355 e. The Morgan fingerprint density at radius 1 is 0.727 bits per heavy atom. The van der Waals surface area contributed by atoms with Crippen molar-refractivity contribution in [2.75, 3.05) is 18.0 Å². The first-order valence-electron chi connectivity index (χ1n) is 9.38. The maximum atomic E-state index is 4.68. The van der Waals surface area contributed by atoms with Crippen molar-refractivity contribution < 1.29 is 0 Å². The molecule has 126 valence electrons. The lowest BCUT2D eigenvalue weighted by Crippen LogP contribution is -2.28. The van der Waals surface area contributed by atoms with E-state index in [1.165, 1.54) is 63.5 Å². The van der Waals surface area contributed by atoms with Crippen LogP contribution in [-0.2, 0) is 6.42 Å². The number of rotatable bonds is 13. The number of unbranched alkanes of at least 4 members (excludes halogenated alkanes) is 6. The highest BCUT2D eigenvalue weighted by atomic mass is 15.2. The molecule has 1 aromatic heterocycles. The Kier molecular flexibility index (Phi) is 10.7. The number of hydrogen-bond acceptors (Lipinski definition) is 3. The van der Waals surface area contributed by atoms with Crippen molar-refractivity contribution in [2.24, 2.45) is 0 Å². The fourth-order valence-electron chi connectivity index (χ4n) is 2.77. The maximum Gasteiger partial charge on any atom is 0.150 e. The Bertz CT molecular complexity index is 369. The number of aromatic nitrogens is 2. The van der Waals surface area contributed by atoms with E-state index in [4.69, 9.17) is 0 Å². The summed E-state index contributed by atoms with van der Waals surface area (Å²) in [5, 5.41) is 0. The summed E-state index contributed by atoms with van der Waals surface area (Å²) >= 11 is 0. The van der Waals surface area contributed by atoms with E-state index in [9.17, 15) is 0 Å². The van der Waals surface area contributed by atoms with Crippen LogP contribution in [0.1, 0.15) is 84.3 Å². The first-order valence-corrected chi connectivity index (χ1v) is 9.38. The highest BCUT2D eigenvalue weighted by molar-refractivity contribution is 5.43. The number of anilines is 1. The molecule has 0 aliphatic heterocycles. The Balaban J connectivity index is 2.72. The molecule has 0 aromatic carbocycles. The SMILES string of the molecule is CCCCCc1nccnc1N(CCCCC)CCCCC. The van der Waals surface area contributed by atoms with Gasteiger partial charge in [-0.1, -0.05) is 59.3 Å². The minimum absolute atomic E-state index is 1.06. The van der Waals surface area contributed by atoms with Crippen LogP contribution in [0.4, 0.5) is 5.82 Å². The molecule has 0 amide bonds. The van der Waals surface area contributed by atoms with E-state index in [1.54, 1.807) is 0 Å². The predicted molar refractivity (Wildman–Crippen MR) is 96.5 cm³/mol. The number of hydrogen-bond donors (Lipinski definition) is 0. The lowest BCUT2D eigenvalue weighted by Gasteiger charge is -2.25. The van der Waals surface area contributed by atoms with Crippen LogP contribution in [0.3, 0.4) is 0 Å². The molecule has 0 unspecified atom stereocenters. The van der Waals surface area contributed by atoms with Gasteiger partial charge in [-0.05, 0) is 25.7 Å². The molecule has 0 saturated heterocycles. The van der Waals surface area contributed by atoms with Gasteiger partial charge in [0.1, 0.15) is 5.82 Å². The van der Waals surface area contributed by atoms with Gasteiger partial charge in [0.25, 0.3) is 0 Å². The van der Waals surface area contributed by atoms with Crippen molar-refractivity contribution in [1.82, 2.24) is 9.97 Å². The molecule has 1 heterocycles. The zero-order valence-electron chi connectivity index (χ0n) is 15.0. The van der Waals surface area contributed by atoms with E-state index in [0.717, 1.165) is 25.3 Å². The summed E-state index contributed by atoms with van der Waals surface area (Å²) in [4.78, 5) is 11.8. The quantitative estimate of drug-likeness (QED) is 0.457. The zero-order chi connectivity index (χ0) is 16.0. The molecule has 0 fully saturated rings. The van der Waals surface area contributed by atoms with Gasteiger partial charge in [0, 0.05) is 25.5 Å². The highest BCUT2D eigenvalue weighted by Gasteiger charge is 2.13. The van der Waals surface area contributed by atoms with Crippen LogP contribution in [0.5, 0.6) is 0 Å². The normalized spacial score (nSPS) is 10.9. The zero-order valence-corrected chi connectivity index (χ0v) is 15.0. The molecule has 0 bridgehead atoms. The van der Waals surface area contributed by atoms with Gasteiger partial charge in [0.2, 0.25) is 0 Å². The van der Waals surface area contributed by atoms with E-state index in [0.29, 0.717) is 0 Å². The second-order valence-corrected chi connectivity index (χ2v) is 6.19. The van der Waals surface area contributed by atoms with Gasteiger partial charge in [0.15, 0.2) is 0 Å². The van der Waals surface area contributed by atoms with Crippen molar-refractivity contribution in [1.29, 1.82) is 0 Å². The topological polar surface area (TPSA) is 29.0 Å². The Hall–Kier alpha value is -1.12. The van der Waals surface area contributed by atoms with E-state index < -0.39 is 0 Å². The maximum absolute atomic E-state index is 4.68. The molecule has 0 atom stereocenters. The Morgan fingerprint density at radius 2 is 1.27 bits per heavy atom. The van der Waals surface area contributed by atoms with Crippen LogP contribution in [0.2, 0.25) is 0 Å². The van der Waals surface area contributed by atoms with E-state index in [2.05, 4.69) is 35.6 Å². The Labute approximate surface area is 137 Å². The van der Waals surface area contributed by atoms with Gasteiger partial charge in [-0.2, -0.15) is 0 Å². The molecule has 0 N–H and O–H groups in total. The van der Waals surface area contributed by atoms with E-state index in [1.807, 2.05) is 12.4 Å². The smallest absolute Gasteiger partial charge is 0.150 e. The summed E-state index contributed by atoms with van der Waals surface area (Å²) in [6, 6.07) is 0. The molecule has 1 aromatic rings. The van der Waals surface area contributed by atoms with Crippen molar-refractivity contribution in [3.63, 3.8) is 0 Å². The summed E-state index contributed by atoms with van der Waals surface area (Å²) < 4.78 is 0. The monoisotopic (exact) mass is 305 g/mol. The first-order chi connectivity index (χ1) is 10.8. The fourth-order valence-corrected chi connectivity index (χ4v) is 2.77. The van der Waals surface area contributed by atoms with Crippen LogP contribution >= 0.6 is 0 Å². The van der Waals surface area contributed by atoms with E-state index >= 15 is 0 Å². The standard InChI is InChI=1S/C19H35N3/c1-4-7-10-13-18-19(21-15-14-20-18)22(16-11-8-5-2)17-12-9-6-3/h14-15H,4-13,16-17H2,1-3H3. The van der Waals surface area contributed by atoms with Crippen LogP contribution in [0.25, 0.3) is 0 Å². The van der Waals surface area contributed by atoms with Crippen molar-refractivity contribution >= 4 is 5.82 Å². The van der Waals surface area contributed by atoms with Gasteiger partial charge in [0.05, 0.1) is 5.69 Å². The number of aryl methyl sites for hydroxylation is 1. The Morgan fingerprint density at radius 3 is 1.86 bits per heavy atom. The highest BCUT2D eigenvalue weighted by Crippen LogP contribution is 2.19. The van der Waals surface area contributed by atoms with Gasteiger partial charge < -0.3 is 4.90 Å². The second kappa shape index (κ2) is 12.4. The van der Waals surface area contributed by atoms with Crippen LogP contribution in [0, 0.1) is 0 Å².